The van der Waals surface area contributed by atoms with Crippen LogP contribution in [0.25, 0.3) is 0 Å². The fourth-order valence-corrected chi connectivity index (χ4v) is 2.15. The van der Waals surface area contributed by atoms with Crippen LogP contribution in [-0.2, 0) is 11.3 Å². The second-order valence-electron chi connectivity index (χ2n) is 5.48. The van der Waals surface area contributed by atoms with Gasteiger partial charge in [0.2, 0.25) is 0 Å². The van der Waals surface area contributed by atoms with Crippen LogP contribution in [0.15, 0.2) is 24.3 Å². The second kappa shape index (κ2) is 7.51. The number of hydrogen-bond donors (Lipinski definition) is 1. The molecular weight excluding hydrogens is 238 g/mol. The predicted molar refractivity (Wildman–Crippen MR) is 77.5 cm³/mol. The molecule has 0 bridgehead atoms. The Morgan fingerprint density at radius 3 is 2.68 bits per heavy atom. The Labute approximate surface area is 116 Å². The standard InChI is InChI=1S/C16H25NO2/c1-13(2)17-11-14-6-8-15(9-7-14)19-12-16-5-3-4-10-18-16/h6-9,13,16-17H,3-5,10-12H2,1-2H3. The van der Waals surface area contributed by atoms with Gasteiger partial charge in [-0.1, -0.05) is 26.0 Å². The largest absolute Gasteiger partial charge is 0.491 e. The number of benzene rings is 1. The van der Waals surface area contributed by atoms with Gasteiger partial charge >= 0.3 is 0 Å². The average Bonchev–Trinajstić information content (AvgIpc) is 2.45. The fourth-order valence-electron chi connectivity index (χ4n) is 2.15. The molecule has 1 aliphatic rings. The van der Waals surface area contributed by atoms with Crippen LogP contribution in [0, 0.1) is 0 Å². The summed E-state index contributed by atoms with van der Waals surface area (Å²) in [7, 11) is 0. The first-order valence-corrected chi connectivity index (χ1v) is 7.31. The third-order valence-corrected chi connectivity index (χ3v) is 3.35. The molecule has 19 heavy (non-hydrogen) atoms. The Balaban J connectivity index is 1.74. The highest BCUT2D eigenvalue weighted by atomic mass is 16.5. The zero-order valence-corrected chi connectivity index (χ0v) is 12.0. The van der Waals surface area contributed by atoms with E-state index in [9.17, 15) is 0 Å². The molecule has 1 fully saturated rings. The molecule has 0 aliphatic carbocycles. The van der Waals surface area contributed by atoms with E-state index in [1.807, 2.05) is 12.1 Å². The molecule has 1 heterocycles. The third-order valence-electron chi connectivity index (χ3n) is 3.35. The molecule has 106 valence electrons. The molecule has 1 atom stereocenters. The van der Waals surface area contributed by atoms with E-state index in [2.05, 4.69) is 31.3 Å². The minimum Gasteiger partial charge on any atom is -0.491 e. The van der Waals surface area contributed by atoms with Crippen LogP contribution >= 0.6 is 0 Å². The first-order valence-electron chi connectivity index (χ1n) is 7.31. The van der Waals surface area contributed by atoms with E-state index in [-0.39, 0.29) is 6.10 Å². The molecule has 0 saturated carbocycles. The molecule has 1 N–H and O–H groups in total. The van der Waals surface area contributed by atoms with Crippen molar-refractivity contribution in [3.05, 3.63) is 29.8 Å². The lowest BCUT2D eigenvalue weighted by molar-refractivity contribution is -0.0110. The molecule has 2 rings (SSSR count). The highest BCUT2D eigenvalue weighted by Crippen LogP contribution is 2.16. The minimum absolute atomic E-state index is 0.274. The van der Waals surface area contributed by atoms with Crippen molar-refractivity contribution in [2.45, 2.75) is 51.8 Å². The normalized spacial score (nSPS) is 19.6. The average molecular weight is 263 g/mol. The van der Waals surface area contributed by atoms with Gasteiger partial charge in [0, 0.05) is 19.2 Å². The highest BCUT2D eigenvalue weighted by Gasteiger charge is 2.14. The van der Waals surface area contributed by atoms with Crippen molar-refractivity contribution < 1.29 is 9.47 Å². The summed E-state index contributed by atoms with van der Waals surface area (Å²) >= 11 is 0. The first kappa shape index (κ1) is 14.4. The van der Waals surface area contributed by atoms with E-state index in [1.54, 1.807) is 0 Å². The SMILES string of the molecule is CC(C)NCc1ccc(OCC2CCCCO2)cc1. The molecule has 0 aromatic heterocycles. The van der Waals surface area contributed by atoms with Crippen molar-refractivity contribution >= 4 is 0 Å². The lowest BCUT2D eigenvalue weighted by atomic mass is 10.1. The molecule has 0 amide bonds. The number of rotatable bonds is 6. The first-order chi connectivity index (χ1) is 9.24. The summed E-state index contributed by atoms with van der Waals surface area (Å²) < 4.78 is 11.4. The van der Waals surface area contributed by atoms with E-state index >= 15 is 0 Å². The van der Waals surface area contributed by atoms with Gasteiger partial charge in [-0.25, -0.2) is 0 Å². The lowest BCUT2D eigenvalue weighted by Crippen LogP contribution is -2.25. The summed E-state index contributed by atoms with van der Waals surface area (Å²) in [6, 6.07) is 8.83. The summed E-state index contributed by atoms with van der Waals surface area (Å²) in [5.74, 6) is 0.933. The van der Waals surface area contributed by atoms with Gasteiger partial charge in [-0.05, 0) is 37.0 Å². The Morgan fingerprint density at radius 1 is 1.26 bits per heavy atom. The van der Waals surface area contributed by atoms with Gasteiger partial charge < -0.3 is 14.8 Å². The van der Waals surface area contributed by atoms with Crippen LogP contribution in [0.1, 0.15) is 38.7 Å². The van der Waals surface area contributed by atoms with Crippen LogP contribution < -0.4 is 10.1 Å². The molecule has 3 heteroatoms. The maximum atomic E-state index is 5.78. The highest BCUT2D eigenvalue weighted by molar-refractivity contribution is 5.27. The molecular formula is C16H25NO2. The van der Waals surface area contributed by atoms with Crippen molar-refractivity contribution in [1.82, 2.24) is 5.32 Å². The van der Waals surface area contributed by atoms with Crippen molar-refractivity contribution in [2.75, 3.05) is 13.2 Å². The molecule has 1 aromatic carbocycles. The lowest BCUT2D eigenvalue weighted by Gasteiger charge is -2.22. The van der Waals surface area contributed by atoms with Crippen molar-refractivity contribution in [3.8, 4) is 5.75 Å². The van der Waals surface area contributed by atoms with Crippen LogP contribution in [0.4, 0.5) is 0 Å². The molecule has 0 radical (unpaired) electrons. The zero-order valence-electron chi connectivity index (χ0n) is 12.0. The molecule has 1 aromatic rings. The van der Waals surface area contributed by atoms with Crippen LogP contribution in [0.3, 0.4) is 0 Å². The second-order valence-corrected chi connectivity index (χ2v) is 5.48. The van der Waals surface area contributed by atoms with Gasteiger partial charge in [0.05, 0.1) is 6.10 Å². The molecule has 0 spiro atoms. The predicted octanol–water partition coefficient (Wildman–Crippen LogP) is 3.13. The Kier molecular flexibility index (Phi) is 5.67. The van der Waals surface area contributed by atoms with Gasteiger partial charge in [-0.15, -0.1) is 0 Å². The maximum absolute atomic E-state index is 5.78. The summed E-state index contributed by atoms with van der Waals surface area (Å²) in [5.41, 5.74) is 1.29. The Bertz CT molecular complexity index is 356. The molecule has 1 saturated heterocycles. The monoisotopic (exact) mass is 263 g/mol. The van der Waals surface area contributed by atoms with E-state index in [0.717, 1.165) is 25.3 Å². The number of ether oxygens (including phenoxy) is 2. The Morgan fingerprint density at radius 2 is 2.05 bits per heavy atom. The minimum atomic E-state index is 0.274. The smallest absolute Gasteiger partial charge is 0.119 e. The quantitative estimate of drug-likeness (QED) is 0.855. The van der Waals surface area contributed by atoms with Gasteiger partial charge in [-0.3, -0.25) is 0 Å². The summed E-state index contributed by atoms with van der Waals surface area (Å²) in [6.07, 6.45) is 3.84. The van der Waals surface area contributed by atoms with Crippen molar-refractivity contribution in [3.63, 3.8) is 0 Å². The Hall–Kier alpha value is -1.06. The summed E-state index contributed by atoms with van der Waals surface area (Å²) in [4.78, 5) is 0. The fraction of sp³-hybridized carbons (Fsp3) is 0.625. The zero-order chi connectivity index (χ0) is 13.5. The summed E-state index contributed by atoms with van der Waals surface area (Å²) in [6.45, 7) is 6.77. The van der Waals surface area contributed by atoms with Crippen LogP contribution in [0.5, 0.6) is 5.75 Å². The van der Waals surface area contributed by atoms with Crippen molar-refractivity contribution in [2.24, 2.45) is 0 Å². The van der Waals surface area contributed by atoms with Gasteiger partial charge in [0.25, 0.3) is 0 Å². The van der Waals surface area contributed by atoms with Crippen LogP contribution in [-0.4, -0.2) is 25.4 Å². The maximum Gasteiger partial charge on any atom is 0.119 e. The topological polar surface area (TPSA) is 30.5 Å². The van der Waals surface area contributed by atoms with Crippen molar-refractivity contribution in [1.29, 1.82) is 0 Å². The van der Waals surface area contributed by atoms with E-state index < -0.39 is 0 Å². The van der Waals surface area contributed by atoms with E-state index in [1.165, 1.54) is 18.4 Å². The third kappa shape index (κ3) is 5.21. The molecule has 1 unspecified atom stereocenters. The molecule has 1 aliphatic heterocycles. The van der Waals surface area contributed by atoms with E-state index in [0.29, 0.717) is 12.6 Å². The van der Waals surface area contributed by atoms with Gasteiger partial charge in [-0.2, -0.15) is 0 Å². The van der Waals surface area contributed by atoms with E-state index in [4.69, 9.17) is 9.47 Å². The van der Waals surface area contributed by atoms with Crippen LogP contribution in [0.2, 0.25) is 0 Å². The summed E-state index contributed by atoms with van der Waals surface area (Å²) in [5, 5.41) is 3.40. The van der Waals surface area contributed by atoms with Gasteiger partial charge in [0.15, 0.2) is 0 Å². The van der Waals surface area contributed by atoms with Gasteiger partial charge in [0.1, 0.15) is 12.4 Å². The number of hydrogen-bond acceptors (Lipinski definition) is 3. The number of nitrogens with one attached hydrogen (secondary N) is 1. The molecule has 3 nitrogen and oxygen atoms in total.